The number of hydrogen-bond acceptors (Lipinski definition) is 3. The molecule has 0 saturated heterocycles. The first-order valence-corrected chi connectivity index (χ1v) is 5.03. The number of hydrogen-bond donors (Lipinski definition) is 2. The van der Waals surface area contributed by atoms with Crippen molar-refractivity contribution in [2.75, 3.05) is 0 Å². The summed E-state index contributed by atoms with van der Waals surface area (Å²) in [6.07, 6.45) is 3.26. The van der Waals surface area contributed by atoms with Gasteiger partial charge in [0, 0.05) is 17.5 Å². The van der Waals surface area contributed by atoms with E-state index < -0.39 is 11.5 Å². The third-order valence-electron chi connectivity index (χ3n) is 3.28. The van der Waals surface area contributed by atoms with Gasteiger partial charge >= 0.3 is 5.97 Å². The number of pyridine rings is 1. The van der Waals surface area contributed by atoms with Crippen LogP contribution in [0.5, 0.6) is 0 Å². The smallest absolute Gasteiger partial charge is 0.328 e. The molecule has 1 heterocycles. The first-order chi connectivity index (χ1) is 7.06. The van der Waals surface area contributed by atoms with Crippen molar-refractivity contribution in [3.63, 3.8) is 0 Å². The Kier molecular flexibility index (Phi) is 2.23. The van der Waals surface area contributed by atoms with Crippen molar-refractivity contribution < 1.29 is 9.90 Å². The maximum atomic E-state index is 11.3. The molecular formula is C11H14N2O2. The van der Waals surface area contributed by atoms with Gasteiger partial charge in [-0.05, 0) is 24.8 Å². The zero-order valence-corrected chi connectivity index (χ0v) is 8.60. The van der Waals surface area contributed by atoms with Gasteiger partial charge in [0.2, 0.25) is 0 Å². The Morgan fingerprint density at radius 3 is 3.13 bits per heavy atom. The van der Waals surface area contributed by atoms with Crippen molar-refractivity contribution in [2.24, 2.45) is 11.7 Å². The molecule has 2 unspecified atom stereocenters. The lowest BCUT2D eigenvalue weighted by molar-refractivity contribution is -0.146. The van der Waals surface area contributed by atoms with Crippen molar-refractivity contribution in [2.45, 2.75) is 25.3 Å². The predicted molar refractivity (Wildman–Crippen MR) is 55.2 cm³/mol. The standard InChI is InChI=1S/C11H14N2O2/c1-7-4-5-9-8(3-2-6-13-9)11(7,12)10(14)15/h2-3,6-7H,4-5,12H2,1H3,(H,14,15). The number of rotatable bonds is 1. The number of aliphatic carboxylic acids is 1. The van der Waals surface area contributed by atoms with Gasteiger partial charge in [-0.1, -0.05) is 13.0 Å². The minimum atomic E-state index is -1.28. The summed E-state index contributed by atoms with van der Waals surface area (Å²) in [4.78, 5) is 15.5. The second kappa shape index (κ2) is 3.31. The highest BCUT2D eigenvalue weighted by molar-refractivity contribution is 5.81. The van der Waals surface area contributed by atoms with Gasteiger partial charge < -0.3 is 10.8 Å². The Morgan fingerprint density at radius 1 is 1.73 bits per heavy atom. The van der Waals surface area contributed by atoms with Crippen LogP contribution in [0.1, 0.15) is 24.6 Å². The van der Waals surface area contributed by atoms with Gasteiger partial charge in [0.1, 0.15) is 5.54 Å². The maximum Gasteiger partial charge on any atom is 0.328 e. The van der Waals surface area contributed by atoms with Gasteiger partial charge in [-0.15, -0.1) is 0 Å². The Morgan fingerprint density at radius 2 is 2.47 bits per heavy atom. The third-order valence-corrected chi connectivity index (χ3v) is 3.28. The van der Waals surface area contributed by atoms with Crippen LogP contribution in [0.4, 0.5) is 0 Å². The molecule has 0 saturated carbocycles. The first-order valence-electron chi connectivity index (χ1n) is 5.03. The van der Waals surface area contributed by atoms with Gasteiger partial charge in [-0.3, -0.25) is 4.98 Å². The molecule has 1 aliphatic carbocycles. The summed E-state index contributed by atoms with van der Waals surface area (Å²) in [7, 11) is 0. The number of aromatic nitrogens is 1. The number of nitrogens with two attached hydrogens (primary N) is 1. The molecular weight excluding hydrogens is 192 g/mol. The zero-order valence-electron chi connectivity index (χ0n) is 8.60. The van der Waals surface area contributed by atoms with Crippen LogP contribution in [0.2, 0.25) is 0 Å². The molecule has 3 N–H and O–H groups in total. The second-order valence-corrected chi connectivity index (χ2v) is 4.11. The molecule has 80 valence electrons. The van der Waals surface area contributed by atoms with Gasteiger partial charge in [0.25, 0.3) is 0 Å². The van der Waals surface area contributed by atoms with E-state index in [1.54, 1.807) is 18.3 Å². The Balaban J connectivity index is 2.60. The summed E-state index contributed by atoms with van der Waals surface area (Å²) in [6, 6.07) is 3.51. The van der Waals surface area contributed by atoms with Crippen LogP contribution in [0.25, 0.3) is 0 Å². The highest BCUT2D eigenvalue weighted by Crippen LogP contribution is 2.36. The van der Waals surface area contributed by atoms with E-state index >= 15 is 0 Å². The summed E-state index contributed by atoms with van der Waals surface area (Å²) >= 11 is 0. The number of carbonyl (C=O) groups is 1. The molecule has 0 fully saturated rings. The van der Waals surface area contributed by atoms with Crippen molar-refractivity contribution in [1.82, 2.24) is 4.98 Å². The summed E-state index contributed by atoms with van der Waals surface area (Å²) in [6.45, 7) is 1.88. The molecule has 0 aliphatic heterocycles. The Hall–Kier alpha value is -1.42. The van der Waals surface area contributed by atoms with E-state index in [0.29, 0.717) is 5.56 Å². The van der Waals surface area contributed by atoms with E-state index in [2.05, 4.69) is 4.98 Å². The SMILES string of the molecule is CC1CCc2ncccc2C1(N)C(=O)O. The van der Waals surface area contributed by atoms with E-state index in [1.807, 2.05) is 6.92 Å². The van der Waals surface area contributed by atoms with Crippen molar-refractivity contribution in [3.05, 3.63) is 29.6 Å². The lowest BCUT2D eigenvalue weighted by atomic mass is 9.72. The quantitative estimate of drug-likeness (QED) is 0.715. The minimum Gasteiger partial charge on any atom is -0.480 e. The van der Waals surface area contributed by atoms with Gasteiger partial charge in [-0.2, -0.15) is 0 Å². The third kappa shape index (κ3) is 1.33. The van der Waals surface area contributed by atoms with E-state index in [4.69, 9.17) is 5.73 Å². The average molecular weight is 206 g/mol. The summed E-state index contributed by atoms with van der Waals surface area (Å²) in [5, 5.41) is 9.26. The average Bonchev–Trinajstić information content (AvgIpc) is 2.23. The summed E-state index contributed by atoms with van der Waals surface area (Å²) < 4.78 is 0. The lowest BCUT2D eigenvalue weighted by Crippen LogP contribution is -2.52. The number of carboxylic acid groups (broad SMARTS) is 1. The van der Waals surface area contributed by atoms with Crippen LogP contribution in [0, 0.1) is 5.92 Å². The minimum absolute atomic E-state index is 0.0632. The van der Waals surface area contributed by atoms with Gasteiger partial charge in [0.05, 0.1) is 0 Å². The first kappa shape index (κ1) is 10.1. The Labute approximate surface area is 88.1 Å². The van der Waals surface area contributed by atoms with Crippen LogP contribution in [0.3, 0.4) is 0 Å². The van der Waals surface area contributed by atoms with E-state index in [1.165, 1.54) is 0 Å². The molecule has 0 amide bonds. The molecule has 0 spiro atoms. The maximum absolute atomic E-state index is 11.3. The van der Waals surface area contributed by atoms with Crippen molar-refractivity contribution in [1.29, 1.82) is 0 Å². The number of fused-ring (bicyclic) bond motifs is 1. The summed E-state index contributed by atoms with van der Waals surface area (Å²) in [5.74, 6) is -1.03. The monoisotopic (exact) mass is 206 g/mol. The van der Waals surface area contributed by atoms with E-state index in [9.17, 15) is 9.90 Å². The number of nitrogens with zero attached hydrogens (tertiary/aromatic N) is 1. The molecule has 2 rings (SSSR count). The Bertz CT molecular complexity index is 405. The molecule has 0 radical (unpaired) electrons. The van der Waals surface area contributed by atoms with Crippen LogP contribution < -0.4 is 5.73 Å². The molecule has 2 atom stereocenters. The molecule has 1 aromatic rings. The van der Waals surface area contributed by atoms with E-state index in [-0.39, 0.29) is 5.92 Å². The number of aryl methyl sites for hydroxylation is 1. The largest absolute Gasteiger partial charge is 0.480 e. The van der Waals surface area contributed by atoms with Crippen molar-refractivity contribution >= 4 is 5.97 Å². The fourth-order valence-electron chi connectivity index (χ4n) is 2.19. The van der Waals surface area contributed by atoms with Crippen LogP contribution in [-0.2, 0) is 16.8 Å². The predicted octanol–water partition coefficient (Wildman–Crippen LogP) is 0.903. The fourth-order valence-corrected chi connectivity index (χ4v) is 2.19. The molecule has 0 bridgehead atoms. The molecule has 4 heteroatoms. The van der Waals surface area contributed by atoms with Gasteiger partial charge in [-0.25, -0.2) is 4.79 Å². The normalized spacial score (nSPS) is 29.6. The molecule has 15 heavy (non-hydrogen) atoms. The summed E-state index contributed by atoms with van der Waals surface area (Å²) in [5.41, 5.74) is 6.22. The molecule has 0 aromatic carbocycles. The molecule has 4 nitrogen and oxygen atoms in total. The fraction of sp³-hybridized carbons (Fsp3) is 0.455. The molecule has 1 aliphatic rings. The van der Waals surface area contributed by atoms with Gasteiger partial charge in [0.15, 0.2) is 0 Å². The highest BCUT2D eigenvalue weighted by Gasteiger charge is 2.45. The zero-order chi connectivity index (χ0) is 11.1. The topological polar surface area (TPSA) is 76.2 Å². The van der Waals surface area contributed by atoms with Crippen molar-refractivity contribution in [3.8, 4) is 0 Å². The highest BCUT2D eigenvalue weighted by atomic mass is 16.4. The molecule has 1 aromatic heterocycles. The van der Waals surface area contributed by atoms with Crippen LogP contribution in [-0.4, -0.2) is 16.1 Å². The van der Waals surface area contributed by atoms with Crippen LogP contribution >= 0.6 is 0 Å². The number of carboxylic acids is 1. The van der Waals surface area contributed by atoms with E-state index in [0.717, 1.165) is 18.5 Å². The second-order valence-electron chi connectivity index (χ2n) is 4.11. The van der Waals surface area contributed by atoms with Crippen LogP contribution in [0.15, 0.2) is 18.3 Å². The lowest BCUT2D eigenvalue weighted by Gasteiger charge is -2.36.